The van der Waals surface area contributed by atoms with Crippen LogP contribution in [0.2, 0.25) is 0 Å². The van der Waals surface area contributed by atoms with E-state index in [2.05, 4.69) is 235 Å². The number of aromatic nitrogens is 18. The monoisotopic (exact) mass is 1520 g/mol. The Hall–Kier alpha value is -9.06. The molecule has 0 radical (unpaired) electrons. The van der Waals surface area contributed by atoms with Crippen LogP contribution >= 0.6 is 0 Å². The number of pyridine rings is 3. The molecule has 0 unspecified atom stereocenters. The third-order valence-electron chi connectivity index (χ3n) is 12.2. The van der Waals surface area contributed by atoms with Crippen molar-refractivity contribution in [1.82, 2.24) is 90.2 Å². The van der Waals surface area contributed by atoms with Gasteiger partial charge in [0.2, 0.25) is 0 Å². The zero-order valence-corrected chi connectivity index (χ0v) is 77.3. The standard InChI is InChI=1S/3C8H11N.6C7H10N2.C6H9N3.10C2H6/c1-7(2)8-3-5-9-6-4-8;1-7(2)8-4-3-5-9-6-8;1-7(2)8-5-3-4-6-9-8;1-6(2)7-3-8-5-9-4-7;1-6(2)7-5-8-3-4-9-7;1-6(2)7-3-4-8-5-9-7;1-6(2)7-3-4-8-9-5-7;1-6(2)7-8-4-3-5-9-7;1-6(2)7-4-3-5-8-9-7;1-5(2)6-8-3-7-4-9-6;10*1-2/h3*3-7H,1-2H3;6*3-6H,1-2H3;3-5H,1-2H3;10*1-2H3. The molecule has 0 fully saturated rings. The Bertz CT molecular complexity index is 2420. The molecule has 110 heavy (non-hydrogen) atoms. The van der Waals surface area contributed by atoms with E-state index >= 15 is 0 Å². The fourth-order valence-electron chi connectivity index (χ4n) is 6.46. The van der Waals surface area contributed by atoms with Gasteiger partial charge < -0.3 is 0 Å². The molecule has 0 bridgehead atoms. The highest BCUT2D eigenvalue weighted by atomic mass is 15.1. The van der Waals surface area contributed by atoms with Gasteiger partial charge in [-0.15, -0.1) is 0 Å². The van der Waals surface area contributed by atoms with Crippen LogP contribution in [0.5, 0.6) is 0 Å². The summed E-state index contributed by atoms with van der Waals surface area (Å²) in [7, 11) is 0. The van der Waals surface area contributed by atoms with Crippen molar-refractivity contribution in [2.45, 2.75) is 336 Å². The maximum atomic E-state index is 4.18. The zero-order chi connectivity index (χ0) is 86.9. The highest BCUT2D eigenvalue weighted by Crippen LogP contribution is 2.15. The van der Waals surface area contributed by atoms with E-state index in [9.17, 15) is 0 Å². The van der Waals surface area contributed by atoms with E-state index in [0.717, 1.165) is 34.4 Å². The van der Waals surface area contributed by atoms with Crippen LogP contribution in [0.15, 0.2) is 197 Å². The fraction of sp³-hybridized carbons (Fsp3) is 0.543. The molecule has 0 amide bonds. The maximum absolute atomic E-state index is 4.18. The van der Waals surface area contributed by atoms with Crippen LogP contribution in [0.1, 0.15) is 393 Å². The molecule has 0 aromatic carbocycles. The Morgan fingerprint density at radius 2 is 0.573 bits per heavy atom. The van der Waals surface area contributed by atoms with Crippen molar-refractivity contribution >= 4 is 0 Å². The van der Waals surface area contributed by atoms with Crippen molar-refractivity contribution in [3.63, 3.8) is 0 Å². The molecule has 18 heteroatoms. The fourth-order valence-corrected chi connectivity index (χ4v) is 6.46. The van der Waals surface area contributed by atoms with Crippen molar-refractivity contribution in [2.75, 3.05) is 0 Å². The first-order chi connectivity index (χ1) is 53.0. The topological polar surface area (TPSA) is 232 Å². The molecular weight excluding hydrogens is 1360 g/mol. The maximum Gasteiger partial charge on any atom is 0.134 e. The second kappa shape index (κ2) is 96.0. The Kier molecular flexibility index (Phi) is 106. The van der Waals surface area contributed by atoms with E-state index in [4.69, 9.17) is 0 Å². The first-order valence-corrected chi connectivity index (χ1v) is 41.0. The summed E-state index contributed by atoms with van der Waals surface area (Å²) < 4.78 is 0. The van der Waals surface area contributed by atoms with Crippen LogP contribution in [-0.2, 0) is 0 Å². The van der Waals surface area contributed by atoms with Gasteiger partial charge in [0.25, 0.3) is 0 Å². The highest BCUT2D eigenvalue weighted by Gasteiger charge is 2.02. The molecule has 10 aromatic rings. The lowest BCUT2D eigenvalue weighted by Crippen LogP contribution is -1.95. The molecule has 620 valence electrons. The van der Waals surface area contributed by atoms with Gasteiger partial charge in [-0.1, -0.05) is 289 Å². The van der Waals surface area contributed by atoms with Crippen LogP contribution in [0, 0.1) is 0 Å². The molecule has 10 heterocycles. The van der Waals surface area contributed by atoms with Gasteiger partial charge in [-0.05, 0) is 130 Å². The van der Waals surface area contributed by atoms with Crippen molar-refractivity contribution < 1.29 is 0 Å². The molecule has 0 aliphatic rings. The summed E-state index contributed by atoms with van der Waals surface area (Å²) in [5.41, 5.74) is 9.46. The van der Waals surface area contributed by atoms with Gasteiger partial charge in [0.05, 0.1) is 17.6 Å². The summed E-state index contributed by atoms with van der Waals surface area (Å²) in [6.45, 7) is 82.4. The zero-order valence-electron chi connectivity index (χ0n) is 77.3. The molecule has 0 atom stereocenters. The van der Waals surface area contributed by atoms with Crippen LogP contribution in [-0.4, -0.2) is 90.2 Å². The van der Waals surface area contributed by atoms with Crippen LogP contribution in [0.25, 0.3) is 0 Å². The smallest absolute Gasteiger partial charge is 0.134 e. The van der Waals surface area contributed by atoms with E-state index < -0.39 is 0 Å². The Morgan fingerprint density at radius 3 is 0.845 bits per heavy atom. The second-order valence-electron chi connectivity index (χ2n) is 23.2. The summed E-state index contributed by atoms with van der Waals surface area (Å²) in [5, 5.41) is 15.1. The molecule has 0 N–H and O–H groups in total. The third-order valence-corrected chi connectivity index (χ3v) is 12.2. The predicted molar refractivity (Wildman–Crippen MR) is 479 cm³/mol. The third kappa shape index (κ3) is 77.1. The second-order valence-corrected chi connectivity index (χ2v) is 23.2. The minimum Gasteiger partial charge on any atom is -0.265 e. The first kappa shape index (κ1) is 122. The van der Waals surface area contributed by atoms with Crippen molar-refractivity contribution in [3.05, 3.63) is 254 Å². The van der Waals surface area contributed by atoms with Gasteiger partial charge in [0.1, 0.15) is 37.0 Å². The highest BCUT2D eigenvalue weighted by molar-refractivity contribution is 5.14. The summed E-state index contributed by atoms with van der Waals surface area (Å²) in [4.78, 5) is 55.6. The Balaban J connectivity index is -0.000000123. The number of hydrogen-bond acceptors (Lipinski definition) is 18. The lowest BCUT2D eigenvalue weighted by atomic mass is 10.1. The molecule has 0 aliphatic carbocycles. The molecule has 0 aliphatic heterocycles. The summed E-state index contributed by atoms with van der Waals surface area (Å²) >= 11 is 0. The van der Waals surface area contributed by atoms with Crippen molar-refractivity contribution in [3.8, 4) is 0 Å². The largest absolute Gasteiger partial charge is 0.265 e. The van der Waals surface area contributed by atoms with Gasteiger partial charge in [-0.25, -0.2) is 44.9 Å². The van der Waals surface area contributed by atoms with Gasteiger partial charge in [-0.2, -0.15) is 20.4 Å². The number of hydrogen-bond donors (Lipinski definition) is 0. The van der Waals surface area contributed by atoms with Crippen LogP contribution < -0.4 is 0 Å². The minimum atomic E-state index is 0.396. The normalized spacial score (nSPS) is 8.82. The van der Waals surface area contributed by atoms with E-state index in [1.807, 2.05) is 242 Å². The van der Waals surface area contributed by atoms with Crippen molar-refractivity contribution in [2.24, 2.45) is 0 Å². The van der Waals surface area contributed by atoms with E-state index in [-0.39, 0.29) is 0 Å². The van der Waals surface area contributed by atoms with E-state index in [1.165, 1.54) is 34.9 Å². The SMILES string of the molecule is CC.CC.CC.CC.CC.CC.CC.CC.CC.CC.CC(C)c1ccccn1.CC(C)c1cccnc1.CC(C)c1cccnn1.CC(C)c1ccncc1.CC(C)c1ccncn1.CC(C)c1ccnnc1.CC(C)c1cnccn1.CC(C)c1cncnc1.CC(C)c1ncccn1.CC(C)c1ncncn1. The number of rotatable bonds is 10. The molecule has 18 nitrogen and oxygen atoms in total. The lowest BCUT2D eigenvalue weighted by molar-refractivity contribution is 0.759. The van der Waals surface area contributed by atoms with Crippen LogP contribution in [0.3, 0.4) is 0 Å². The predicted octanol–water partition coefficient (Wildman–Crippen LogP) is 27.5. The summed E-state index contributed by atoms with van der Waals surface area (Å²) in [5.74, 6) is 6.93. The summed E-state index contributed by atoms with van der Waals surface area (Å²) in [6.07, 6.45) is 34.7. The molecule has 0 spiro atoms. The van der Waals surface area contributed by atoms with Crippen LogP contribution in [0.4, 0.5) is 0 Å². The Labute approximate surface area is 676 Å². The summed E-state index contributed by atoms with van der Waals surface area (Å²) in [6, 6.07) is 23.8. The average molecular weight is 1520 g/mol. The molecule has 10 rings (SSSR count). The van der Waals surface area contributed by atoms with Crippen molar-refractivity contribution in [1.29, 1.82) is 0 Å². The average Bonchev–Trinajstić information content (AvgIpc) is 1.12. The minimum absolute atomic E-state index is 0.396. The Morgan fingerprint density at radius 1 is 0.182 bits per heavy atom. The molecule has 0 saturated heterocycles. The lowest BCUT2D eigenvalue weighted by Gasteiger charge is -2.01. The van der Waals surface area contributed by atoms with Gasteiger partial charge >= 0.3 is 0 Å². The number of nitrogens with zero attached hydrogens (tertiary/aromatic N) is 18. The van der Waals surface area contributed by atoms with E-state index in [0.29, 0.717) is 59.2 Å². The molecular formula is C92H162N18. The molecule has 10 aromatic heterocycles. The quantitative estimate of drug-likeness (QED) is 0.124. The van der Waals surface area contributed by atoms with Gasteiger partial charge in [0, 0.05) is 116 Å². The molecule has 0 saturated carbocycles. The van der Waals surface area contributed by atoms with E-state index in [1.54, 1.807) is 74.6 Å². The van der Waals surface area contributed by atoms with Gasteiger partial charge in [0.15, 0.2) is 0 Å². The van der Waals surface area contributed by atoms with Gasteiger partial charge in [-0.3, -0.25) is 24.9 Å². The first-order valence-electron chi connectivity index (χ1n) is 41.0.